The van der Waals surface area contributed by atoms with Gasteiger partial charge in [0.05, 0.1) is 33.6 Å². The van der Waals surface area contributed by atoms with Gasteiger partial charge in [-0.2, -0.15) is 5.10 Å². The van der Waals surface area contributed by atoms with Crippen molar-refractivity contribution >= 4 is 5.97 Å². The number of esters is 1. The fourth-order valence-electron chi connectivity index (χ4n) is 2.45. The van der Waals surface area contributed by atoms with E-state index in [9.17, 15) is 9.59 Å². The maximum absolute atomic E-state index is 12.1. The van der Waals surface area contributed by atoms with Crippen LogP contribution in [0.2, 0.25) is 0 Å². The molecule has 1 heterocycles. The summed E-state index contributed by atoms with van der Waals surface area (Å²) in [5, 5.41) is 4.30. The second-order valence-corrected chi connectivity index (χ2v) is 5.34. The number of carbonyl (C=O) groups is 1. The lowest BCUT2D eigenvalue weighted by Crippen LogP contribution is -2.31. The smallest absolute Gasteiger partial charge is 0.330 e. The van der Waals surface area contributed by atoms with E-state index in [0.29, 0.717) is 28.5 Å². The van der Waals surface area contributed by atoms with Crippen LogP contribution >= 0.6 is 0 Å². The van der Waals surface area contributed by atoms with Crippen molar-refractivity contribution in [2.75, 3.05) is 27.9 Å². The number of benzene rings is 1. The van der Waals surface area contributed by atoms with Crippen LogP contribution in [0.1, 0.15) is 19.9 Å². The molecule has 1 aromatic heterocycles. The molecular weight excluding hydrogens is 340 g/mol. The normalized spacial score (nSPS) is 11.6. The van der Waals surface area contributed by atoms with E-state index in [1.54, 1.807) is 32.0 Å². The minimum Gasteiger partial charge on any atom is -0.493 e. The highest BCUT2D eigenvalue weighted by Crippen LogP contribution is 2.40. The Bertz CT molecular complexity index is 821. The maximum Gasteiger partial charge on any atom is 0.330 e. The summed E-state index contributed by atoms with van der Waals surface area (Å²) < 4.78 is 22.0. The van der Waals surface area contributed by atoms with Gasteiger partial charge in [0.2, 0.25) is 5.75 Å². The summed E-state index contributed by atoms with van der Waals surface area (Å²) in [7, 11) is 4.54. The molecule has 0 fully saturated rings. The summed E-state index contributed by atoms with van der Waals surface area (Å²) in [4.78, 5) is 24.1. The van der Waals surface area contributed by atoms with Crippen LogP contribution in [0.5, 0.6) is 17.2 Å². The predicted molar refractivity (Wildman–Crippen MR) is 94.9 cm³/mol. The Kier molecular flexibility index (Phi) is 6.21. The lowest BCUT2D eigenvalue weighted by atomic mass is 10.1. The van der Waals surface area contributed by atoms with Crippen LogP contribution in [0.25, 0.3) is 11.3 Å². The third-order valence-corrected chi connectivity index (χ3v) is 3.78. The molecule has 0 aliphatic carbocycles. The highest BCUT2D eigenvalue weighted by atomic mass is 16.5. The first kappa shape index (κ1) is 19.3. The van der Waals surface area contributed by atoms with E-state index < -0.39 is 17.6 Å². The van der Waals surface area contributed by atoms with E-state index in [0.717, 1.165) is 4.68 Å². The van der Waals surface area contributed by atoms with Gasteiger partial charge in [-0.05, 0) is 32.0 Å². The minimum atomic E-state index is -0.843. The monoisotopic (exact) mass is 362 g/mol. The predicted octanol–water partition coefficient (Wildman–Crippen LogP) is 2.06. The van der Waals surface area contributed by atoms with Gasteiger partial charge < -0.3 is 18.9 Å². The molecule has 0 N–H and O–H groups in total. The van der Waals surface area contributed by atoms with Crippen LogP contribution in [-0.2, 0) is 9.53 Å². The quantitative estimate of drug-likeness (QED) is 0.697. The molecule has 2 rings (SSSR count). The van der Waals surface area contributed by atoms with E-state index in [1.165, 1.54) is 27.4 Å². The van der Waals surface area contributed by atoms with E-state index in [4.69, 9.17) is 18.9 Å². The molecule has 0 unspecified atom stereocenters. The van der Waals surface area contributed by atoms with E-state index in [-0.39, 0.29) is 6.61 Å². The summed E-state index contributed by atoms with van der Waals surface area (Å²) >= 11 is 0. The molecule has 140 valence electrons. The number of hydrogen-bond acceptors (Lipinski definition) is 7. The Morgan fingerprint density at radius 3 is 2.23 bits per heavy atom. The first-order chi connectivity index (χ1) is 12.5. The average Bonchev–Trinajstić information content (AvgIpc) is 2.66. The summed E-state index contributed by atoms with van der Waals surface area (Å²) in [6.07, 6.45) is 0. The molecule has 1 atom stereocenters. The number of ether oxygens (including phenoxy) is 4. The second-order valence-electron chi connectivity index (χ2n) is 5.34. The van der Waals surface area contributed by atoms with Crippen molar-refractivity contribution < 1.29 is 23.7 Å². The Hall–Kier alpha value is -3.03. The van der Waals surface area contributed by atoms with E-state index >= 15 is 0 Å². The van der Waals surface area contributed by atoms with Crippen molar-refractivity contribution in [2.45, 2.75) is 19.9 Å². The van der Waals surface area contributed by atoms with Crippen molar-refractivity contribution in [3.8, 4) is 28.5 Å². The van der Waals surface area contributed by atoms with Gasteiger partial charge in [-0.1, -0.05) is 0 Å². The number of hydrogen-bond donors (Lipinski definition) is 0. The second kappa shape index (κ2) is 8.37. The molecule has 8 nitrogen and oxygen atoms in total. The molecule has 0 spiro atoms. The summed E-state index contributed by atoms with van der Waals surface area (Å²) in [5.41, 5.74) is 0.714. The lowest BCUT2D eigenvalue weighted by molar-refractivity contribution is -0.147. The first-order valence-corrected chi connectivity index (χ1v) is 8.03. The Morgan fingerprint density at radius 2 is 1.73 bits per heavy atom. The maximum atomic E-state index is 12.1. The highest BCUT2D eigenvalue weighted by molar-refractivity contribution is 5.74. The summed E-state index contributed by atoms with van der Waals surface area (Å²) in [6, 6.07) is 5.50. The fourth-order valence-corrected chi connectivity index (χ4v) is 2.45. The van der Waals surface area contributed by atoms with Crippen molar-refractivity contribution in [3.05, 3.63) is 34.6 Å². The van der Waals surface area contributed by atoms with Gasteiger partial charge in [-0.15, -0.1) is 0 Å². The zero-order valence-corrected chi connectivity index (χ0v) is 15.4. The number of carbonyl (C=O) groups excluding carboxylic acids is 1. The van der Waals surface area contributed by atoms with Gasteiger partial charge in [-0.25, -0.2) is 9.48 Å². The standard InChI is InChI=1S/C18H22N2O6/c1-6-26-18(22)11(2)20-16(21)8-7-13(19-20)12-9-14(23-3)17(25-5)15(10-12)24-4/h7-11H,6H2,1-5H3/t11-/m1/s1. The van der Waals surface area contributed by atoms with Crippen molar-refractivity contribution in [1.82, 2.24) is 9.78 Å². The molecule has 0 bridgehead atoms. The summed E-state index contributed by atoms with van der Waals surface area (Å²) in [5.74, 6) is 0.843. The lowest BCUT2D eigenvalue weighted by Gasteiger charge is -2.16. The molecule has 1 aromatic carbocycles. The molecular formula is C18H22N2O6. The van der Waals surface area contributed by atoms with Crippen molar-refractivity contribution in [2.24, 2.45) is 0 Å². The Labute approximate surface area is 151 Å². The number of aromatic nitrogens is 2. The van der Waals surface area contributed by atoms with E-state index in [2.05, 4.69) is 5.10 Å². The number of methoxy groups -OCH3 is 3. The molecule has 0 aliphatic rings. The van der Waals surface area contributed by atoms with Crippen LogP contribution in [0, 0.1) is 0 Å². The summed E-state index contributed by atoms with van der Waals surface area (Å²) in [6.45, 7) is 3.49. The molecule has 26 heavy (non-hydrogen) atoms. The van der Waals surface area contributed by atoms with E-state index in [1.807, 2.05) is 0 Å². The molecule has 0 aliphatic heterocycles. The van der Waals surface area contributed by atoms with Crippen LogP contribution in [0.4, 0.5) is 0 Å². The first-order valence-electron chi connectivity index (χ1n) is 8.03. The van der Waals surface area contributed by atoms with Gasteiger partial charge in [0.1, 0.15) is 0 Å². The molecule has 0 saturated carbocycles. The van der Waals surface area contributed by atoms with Crippen LogP contribution in [-0.4, -0.2) is 43.7 Å². The SMILES string of the molecule is CCOC(=O)[C@@H](C)n1nc(-c2cc(OC)c(OC)c(OC)c2)ccc1=O. The largest absolute Gasteiger partial charge is 0.493 e. The van der Waals surface area contributed by atoms with Gasteiger partial charge in [0.15, 0.2) is 17.5 Å². The van der Waals surface area contributed by atoms with Crippen LogP contribution < -0.4 is 19.8 Å². The van der Waals surface area contributed by atoms with Crippen molar-refractivity contribution in [1.29, 1.82) is 0 Å². The average molecular weight is 362 g/mol. The Balaban J connectivity index is 2.55. The number of rotatable bonds is 7. The van der Waals surface area contributed by atoms with Gasteiger partial charge >= 0.3 is 5.97 Å². The molecule has 0 amide bonds. The third kappa shape index (κ3) is 3.79. The fraction of sp³-hybridized carbons (Fsp3) is 0.389. The molecule has 0 saturated heterocycles. The van der Waals surface area contributed by atoms with Crippen molar-refractivity contribution in [3.63, 3.8) is 0 Å². The van der Waals surface area contributed by atoms with Crippen LogP contribution in [0.15, 0.2) is 29.1 Å². The molecule has 0 radical (unpaired) electrons. The highest BCUT2D eigenvalue weighted by Gasteiger charge is 2.20. The van der Waals surface area contributed by atoms with Gasteiger partial charge in [0, 0.05) is 11.6 Å². The van der Waals surface area contributed by atoms with Gasteiger partial charge in [0.25, 0.3) is 5.56 Å². The molecule has 8 heteroatoms. The third-order valence-electron chi connectivity index (χ3n) is 3.78. The zero-order valence-electron chi connectivity index (χ0n) is 15.4. The minimum absolute atomic E-state index is 0.227. The Morgan fingerprint density at radius 1 is 1.12 bits per heavy atom. The zero-order chi connectivity index (χ0) is 19.3. The van der Waals surface area contributed by atoms with Crippen LogP contribution in [0.3, 0.4) is 0 Å². The topological polar surface area (TPSA) is 88.9 Å². The number of nitrogens with zero attached hydrogens (tertiary/aromatic N) is 2. The van der Waals surface area contributed by atoms with Gasteiger partial charge in [-0.3, -0.25) is 4.79 Å². The molecule has 2 aromatic rings.